The Balaban J connectivity index is 2.46. The van der Waals surface area contributed by atoms with Gasteiger partial charge in [0, 0.05) is 31.1 Å². The Hall–Kier alpha value is -1.33. The van der Waals surface area contributed by atoms with Crippen LogP contribution in [0.3, 0.4) is 0 Å². The van der Waals surface area contributed by atoms with Gasteiger partial charge in [0.25, 0.3) is 0 Å². The highest BCUT2D eigenvalue weighted by molar-refractivity contribution is 5.96. The van der Waals surface area contributed by atoms with E-state index >= 15 is 0 Å². The third-order valence-corrected chi connectivity index (χ3v) is 2.83. The van der Waals surface area contributed by atoms with Crippen LogP contribution in [0.4, 0.5) is 8.78 Å². The lowest BCUT2D eigenvalue weighted by Crippen LogP contribution is -2.25. The highest BCUT2D eigenvalue weighted by atomic mass is 19.1. The summed E-state index contributed by atoms with van der Waals surface area (Å²) in [5.41, 5.74) is 0.0569. The highest BCUT2D eigenvalue weighted by Gasteiger charge is 2.10. The topological polar surface area (TPSA) is 40.5 Å². The molecule has 106 valence electrons. The predicted molar refractivity (Wildman–Crippen MR) is 69.1 cm³/mol. The van der Waals surface area contributed by atoms with Gasteiger partial charge in [0.2, 0.25) is 0 Å². The summed E-state index contributed by atoms with van der Waals surface area (Å²) in [4.78, 5) is 13.7. The summed E-state index contributed by atoms with van der Waals surface area (Å²) in [6.45, 7) is 2.86. The normalized spacial score (nSPS) is 12.7. The van der Waals surface area contributed by atoms with Crippen LogP contribution in [-0.4, -0.2) is 42.0 Å². The fourth-order valence-electron chi connectivity index (χ4n) is 1.67. The molecule has 0 bridgehead atoms. The number of rotatable bonds is 7. The van der Waals surface area contributed by atoms with Gasteiger partial charge in [-0.15, -0.1) is 0 Å². The molecule has 5 heteroatoms. The molecule has 0 radical (unpaired) electrons. The van der Waals surface area contributed by atoms with Crippen LogP contribution in [0.2, 0.25) is 0 Å². The van der Waals surface area contributed by atoms with Gasteiger partial charge in [-0.05, 0) is 32.5 Å². The first kappa shape index (κ1) is 15.7. The van der Waals surface area contributed by atoms with Gasteiger partial charge in [-0.2, -0.15) is 0 Å². The van der Waals surface area contributed by atoms with Crippen molar-refractivity contribution in [2.45, 2.75) is 25.9 Å². The fourth-order valence-corrected chi connectivity index (χ4v) is 1.67. The summed E-state index contributed by atoms with van der Waals surface area (Å²) in [5, 5.41) is 9.14. The third kappa shape index (κ3) is 5.89. The second-order valence-electron chi connectivity index (χ2n) is 4.77. The van der Waals surface area contributed by atoms with Gasteiger partial charge in [0.05, 0.1) is 6.10 Å². The van der Waals surface area contributed by atoms with E-state index in [1.54, 1.807) is 6.92 Å². The number of carbonyl (C=O) groups is 1. The quantitative estimate of drug-likeness (QED) is 0.773. The van der Waals surface area contributed by atoms with E-state index in [4.69, 9.17) is 5.11 Å². The average molecular weight is 271 g/mol. The summed E-state index contributed by atoms with van der Waals surface area (Å²) in [5.74, 6) is -1.78. The molecule has 0 saturated carbocycles. The summed E-state index contributed by atoms with van der Waals surface area (Å²) in [6, 6.07) is 2.83. The first-order valence-corrected chi connectivity index (χ1v) is 6.24. The molecule has 1 aromatic rings. The van der Waals surface area contributed by atoms with Crippen LogP contribution in [0.1, 0.15) is 30.1 Å². The Bertz CT molecular complexity index is 415. The van der Waals surface area contributed by atoms with Gasteiger partial charge >= 0.3 is 0 Å². The van der Waals surface area contributed by atoms with Gasteiger partial charge in [0.15, 0.2) is 5.78 Å². The molecule has 0 amide bonds. The Labute approximate surface area is 111 Å². The second kappa shape index (κ2) is 7.31. The molecule has 0 aliphatic heterocycles. The maximum atomic E-state index is 13.0. The minimum absolute atomic E-state index is 0.0569. The number of benzene rings is 1. The molecule has 0 spiro atoms. The Morgan fingerprint density at radius 1 is 1.26 bits per heavy atom. The van der Waals surface area contributed by atoms with Crippen LogP contribution in [0.25, 0.3) is 0 Å². The molecule has 0 fully saturated rings. The number of halogens is 2. The number of aliphatic hydroxyl groups excluding tert-OH is 1. The lowest BCUT2D eigenvalue weighted by atomic mass is 10.1. The lowest BCUT2D eigenvalue weighted by molar-refractivity contribution is 0.0964. The van der Waals surface area contributed by atoms with Gasteiger partial charge in [-0.1, -0.05) is 0 Å². The maximum Gasteiger partial charge on any atom is 0.164 e. The van der Waals surface area contributed by atoms with E-state index in [2.05, 4.69) is 0 Å². The standard InChI is InChI=1S/C14H19F2NO2/c1-10(18)3-5-17(2)6-4-14(19)11-7-12(15)9-13(16)8-11/h7-10,18H,3-6H2,1-2H3. The zero-order chi connectivity index (χ0) is 14.4. The Morgan fingerprint density at radius 2 is 1.84 bits per heavy atom. The van der Waals surface area contributed by atoms with E-state index < -0.39 is 11.6 Å². The van der Waals surface area contributed by atoms with Crippen LogP contribution < -0.4 is 0 Å². The molecule has 0 aliphatic rings. The fraction of sp³-hybridized carbons (Fsp3) is 0.500. The summed E-state index contributed by atoms with van der Waals surface area (Å²) in [7, 11) is 1.84. The molecular formula is C14H19F2NO2. The van der Waals surface area contributed by atoms with Gasteiger partial charge in [-0.3, -0.25) is 4.79 Å². The number of hydrogen-bond acceptors (Lipinski definition) is 3. The van der Waals surface area contributed by atoms with Crippen LogP contribution in [0, 0.1) is 11.6 Å². The monoisotopic (exact) mass is 271 g/mol. The zero-order valence-corrected chi connectivity index (χ0v) is 11.2. The van der Waals surface area contributed by atoms with E-state index in [9.17, 15) is 13.6 Å². The molecule has 0 aliphatic carbocycles. The lowest BCUT2D eigenvalue weighted by Gasteiger charge is -2.16. The van der Waals surface area contributed by atoms with Crippen molar-refractivity contribution >= 4 is 5.78 Å². The number of hydrogen-bond donors (Lipinski definition) is 1. The van der Waals surface area contributed by atoms with Crippen molar-refractivity contribution in [1.29, 1.82) is 0 Å². The number of carbonyl (C=O) groups excluding carboxylic acids is 1. The molecule has 1 rings (SSSR count). The van der Waals surface area contributed by atoms with Crippen LogP contribution in [0.5, 0.6) is 0 Å². The Morgan fingerprint density at radius 3 is 2.37 bits per heavy atom. The SMILES string of the molecule is CC(O)CCN(C)CCC(=O)c1cc(F)cc(F)c1. The van der Waals surface area contributed by atoms with Crippen LogP contribution >= 0.6 is 0 Å². The van der Waals surface area contributed by atoms with Crippen molar-refractivity contribution in [2.75, 3.05) is 20.1 Å². The maximum absolute atomic E-state index is 13.0. The molecule has 3 nitrogen and oxygen atoms in total. The van der Waals surface area contributed by atoms with Gasteiger partial charge in [0.1, 0.15) is 11.6 Å². The Kier molecular flexibility index (Phi) is 6.05. The highest BCUT2D eigenvalue weighted by Crippen LogP contribution is 2.10. The minimum Gasteiger partial charge on any atom is -0.393 e. The van der Waals surface area contributed by atoms with Crippen molar-refractivity contribution in [2.24, 2.45) is 0 Å². The van der Waals surface area contributed by atoms with Crippen LogP contribution in [-0.2, 0) is 0 Å². The van der Waals surface area contributed by atoms with Crippen molar-refractivity contribution in [3.05, 3.63) is 35.4 Å². The summed E-state index contributed by atoms with van der Waals surface area (Å²) >= 11 is 0. The average Bonchev–Trinajstić information content (AvgIpc) is 2.32. The van der Waals surface area contributed by atoms with Crippen molar-refractivity contribution in [3.63, 3.8) is 0 Å². The molecular weight excluding hydrogens is 252 g/mol. The van der Waals surface area contributed by atoms with Crippen molar-refractivity contribution in [1.82, 2.24) is 4.90 Å². The van der Waals surface area contributed by atoms with E-state index in [1.807, 2.05) is 11.9 Å². The number of Topliss-reactive ketones (excluding diaryl/α,β-unsaturated/α-hetero) is 1. The first-order valence-electron chi connectivity index (χ1n) is 6.24. The number of nitrogens with zero attached hydrogens (tertiary/aromatic N) is 1. The molecule has 0 saturated heterocycles. The largest absolute Gasteiger partial charge is 0.393 e. The van der Waals surface area contributed by atoms with Crippen molar-refractivity contribution in [3.8, 4) is 0 Å². The molecule has 1 unspecified atom stereocenters. The van der Waals surface area contributed by atoms with E-state index in [0.29, 0.717) is 19.5 Å². The molecule has 0 heterocycles. The molecule has 1 N–H and O–H groups in total. The minimum atomic E-state index is -0.745. The van der Waals surface area contributed by atoms with E-state index in [-0.39, 0.29) is 23.9 Å². The van der Waals surface area contributed by atoms with Gasteiger partial charge in [-0.25, -0.2) is 8.78 Å². The van der Waals surface area contributed by atoms with E-state index in [0.717, 1.165) is 18.2 Å². The molecule has 1 aromatic carbocycles. The number of ketones is 1. The van der Waals surface area contributed by atoms with Gasteiger partial charge < -0.3 is 10.0 Å². The third-order valence-electron chi connectivity index (χ3n) is 2.83. The van der Waals surface area contributed by atoms with Crippen molar-refractivity contribution < 1.29 is 18.7 Å². The second-order valence-corrected chi connectivity index (χ2v) is 4.77. The molecule has 19 heavy (non-hydrogen) atoms. The van der Waals surface area contributed by atoms with Crippen LogP contribution in [0.15, 0.2) is 18.2 Å². The zero-order valence-electron chi connectivity index (χ0n) is 11.2. The molecule has 0 aromatic heterocycles. The molecule has 1 atom stereocenters. The number of aliphatic hydroxyl groups is 1. The van der Waals surface area contributed by atoms with E-state index in [1.165, 1.54) is 0 Å². The summed E-state index contributed by atoms with van der Waals surface area (Å²) < 4.78 is 25.9. The predicted octanol–water partition coefficient (Wildman–Crippen LogP) is 2.24. The smallest absolute Gasteiger partial charge is 0.164 e. The first-order chi connectivity index (χ1) is 8.88. The summed E-state index contributed by atoms with van der Waals surface area (Å²) in [6.07, 6.45) is 0.439.